The summed E-state index contributed by atoms with van der Waals surface area (Å²) in [6.45, 7) is 0. The molecule has 184 valence electrons. The maximum Gasteiger partial charge on any atom is -0.00990 e. The maximum absolute atomic E-state index is 2.37. The molecule has 40 heavy (non-hydrogen) atoms. The van der Waals surface area contributed by atoms with Gasteiger partial charge in [-0.15, -0.1) is 0 Å². The van der Waals surface area contributed by atoms with E-state index in [4.69, 9.17) is 0 Å². The molecule has 16 bridgehead atoms. The molecule has 0 saturated carbocycles. The SMILES string of the molecule is c1cc2ccc1c1ccc(cc1)c1ccc3c(ccc4cc5c(ccc6cc(ccc65)c5ccc2cc5)cc43)c1. The molecule has 0 N–H and O–H groups in total. The van der Waals surface area contributed by atoms with Gasteiger partial charge in [0.05, 0.1) is 0 Å². The Hall–Kier alpha value is -5.20. The lowest BCUT2D eigenvalue weighted by molar-refractivity contribution is 1.78. The monoisotopic (exact) mass is 504 g/mol. The lowest BCUT2D eigenvalue weighted by Crippen LogP contribution is -1.83. The topological polar surface area (TPSA) is 0 Å². The van der Waals surface area contributed by atoms with Crippen LogP contribution in [0.2, 0.25) is 0 Å². The van der Waals surface area contributed by atoms with Crippen LogP contribution in [-0.4, -0.2) is 0 Å². The molecule has 0 fully saturated rings. The molecule has 29 rings (SSSR count). The van der Waals surface area contributed by atoms with Crippen LogP contribution in [0.5, 0.6) is 0 Å². The van der Waals surface area contributed by atoms with Crippen molar-refractivity contribution in [1.29, 1.82) is 0 Å². The van der Waals surface area contributed by atoms with Crippen molar-refractivity contribution in [2.24, 2.45) is 0 Å². The second-order valence-corrected chi connectivity index (χ2v) is 11.0. The van der Waals surface area contributed by atoms with Gasteiger partial charge in [0, 0.05) is 0 Å². The largest absolute Gasteiger partial charge is 0.0538 e. The first-order chi connectivity index (χ1) is 19.8. The summed E-state index contributed by atoms with van der Waals surface area (Å²) >= 11 is 0. The molecular weight excluding hydrogens is 480 g/mol. The zero-order valence-electron chi connectivity index (χ0n) is 21.9. The minimum absolute atomic E-state index is 1.23. The van der Waals surface area contributed by atoms with Crippen LogP contribution in [0.25, 0.3) is 86.2 Å². The van der Waals surface area contributed by atoms with E-state index < -0.39 is 0 Å². The standard InChI is InChI=1S/C40H24/c1-2-26-4-3-25(1)27-5-9-29(10-6-27)31-17-19-37-33(21-31)13-15-35-24-40-36(23-39(35)37)16-14-34-22-32(18-20-38(34)40)30-11-7-28(26)8-12-30/h1-24H. The van der Waals surface area contributed by atoms with Crippen LogP contribution < -0.4 is 0 Å². The number of rotatable bonds is 0. The van der Waals surface area contributed by atoms with E-state index in [9.17, 15) is 0 Å². The summed E-state index contributed by atoms with van der Waals surface area (Å²) in [5, 5.41) is 20.2. The second-order valence-electron chi connectivity index (χ2n) is 11.0. The summed E-state index contributed by atoms with van der Waals surface area (Å²) < 4.78 is 0. The van der Waals surface area contributed by atoms with Gasteiger partial charge in [0.2, 0.25) is 0 Å². The Kier molecular flexibility index (Phi) is 4.42. The molecule has 0 heterocycles. The zero-order valence-corrected chi connectivity index (χ0v) is 21.9. The van der Waals surface area contributed by atoms with Crippen LogP contribution in [0.1, 0.15) is 0 Å². The molecule has 0 heteroatoms. The van der Waals surface area contributed by atoms with Gasteiger partial charge in [0.25, 0.3) is 0 Å². The van der Waals surface area contributed by atoms with Crippen molar-refractivity contribution in [3.05, 3.63) is 146 Å². The van der Waals surface area contributed by atoms with E-state index in [2.05, 4.69) is 146 Å². The van der Waals surface area contributed by atoms with Gasteiger partial charge < -0.3 is 0 Å². The molecular formula is C40H24. The smallest absolute Gasteiger partial charge is 0.00990 e. The van der Waals surface area contributed by atoms with Crippen molar-refractivity contribution < 1.29 is 0 Å². The Morgan fingerprint density at radius 1 is 0.150 bits per heavy atom. The predicted molar refractivity (Wildman–Crippen MR) is 175 cm³/mol. The molecule has 0 unspecified atom stereocenters. The molecule has 29 aromatic carbocycles. The van der Waals surface area contributed by atoms with Gasteiger partial charge >= 0.3 is 0 Å². The Morgan fingerprint density at radius 3 is 0.700 bits per heavy atom. The van der Waals surface area contributed by atoms with Gasteiger partial charge in [-0.05, 0) is 110 Å². The summed E-state index contributed by atoms with van der Waals surface area (Å²) in [6, 6.07) is 54.4. The highest BCUT2D eigenvalue weighted by molar-refractivity contribution is 6.18. The molecule has 0 aliphatic heterocycles. The van der Waals surface area contributed by atoms with Crippen molar-refractivity contribution in [3.8, 4) is 0 Å². The van der Waals surface area contributed by atoms with Crippen molar-refractivity contribution in [2.75, 3.05) is 0 Å². The van der Waals surface area contributed by atoms with E-state index in [1.807, 2.05) is 0 Å². The van der Waals surface area contributed by atoms with Gasteiger partial charge in [-0.2, -0.15) is 0 Å². The molecule has 29 aromatic rings. The van der Waals surface area contributed by atoms with Gasteiger partial charge in [0.15, 0.2) is 0 Å². The molecule has 0 atom stereocenters. The first-order valence-corrected chi connectivity index (χ1v) is 13.9. The molecule has 0 nitrogen and oxygen atoms in total. The van der Waals surface area contributed by atoms with Crippen molar-refractivity contribution in [1.82, 2.24) is 0 Å². The lowest BCUT2D eigenvalue weighted by atomic mass is 9.94. The van der Waals surface area contributed by atoms with E-state index in [1.165, 1.54) is 86.2 Å². The van der Waals surface area contributed by atoms with Gasteiger partial charge in [-0.1, -0.05) is 121 Å². The quantitative estimate of drug-likeness (QED) is 0.142. The number of benzene rings is 8. The molecule has 0 aromatic heterocycles. The molecule has 0 aliphatic carbocycles. The third kappa shape index (κ3) is 3.26. The highest BCUT2D eigenvalue weighted by Gasteiger charge is 2.07. The van der Waals surface area contributed by atoms with Crippen molar-refractivity contribution in [2.45, 2.75) is 0 Å². The minimum atomic E-state index is 1.23. The fourth-order valence-corrected chi connectivity index (χ4v) is 6.55. The molecule has 0 radical (unpaired) electrons. The normalized spacial score (nSPS) is 12.0. The van der Waals surface area contributed by atoms with Crippen LogP contribution in [0.15, 0.2) is 146 Å². The molecule has 0 aliphatic rings. The minimum Gasteiger partial charge on any atom is -0.0538 e. The van der Waals surface area contributed by atoms with Crippen LogP contribution in [0.4, 0.5) is 0 Å². The first kappa shape index (κ1) is 21.7. The van der Waals surface area contributed by atoms with Crippen molar-refractivity contribution >= 4 is 86.2 Å². The third-order valence-corrected chi connectivity index (χ3v) is 8.78. The van der Waals surface area contributed by atoms with Gasteiger partial charge in [-0.25, -0.2) is 0 Å². The van der Waals surface area contributed by atoms with E-state index in [-0.39, 0.29) is 0 Å². The summed E-state index contributed by atoms with van der Waals surface area (Å²) in [5.41, 5.74) is 0. The van der Waals surface area contributed by atoms with Gasteiger partial charge in [0.1, 0.15) is 0 Å². The van der Waals surface area contributed by atoms with Crippen LogP contribution in [0.3, 0.4) is 0 Å². The average molecular weight is 505 g/mol. The second kappa shape index (κ2) is 8.15. The van der Waals surface area contributed by atoms with E-state index in [0.29, 0.717) is 0 Å². The van der Waals surface area contributed by atoms with Crippen molar-refractivity contribution in [3.63, 3.8) is 0 Å². The van der Waals surface area contributed by atoms with E-state index in [0.717, 1.165) is 0 Å². The first-order valence-electron chi connectivity index (χ1n) is 13.9. The van der Waals surface area contributed by atoms with Crippen LogP contribution in [0, 0.1) is 0 Å². The van der Waals surface area contributed by atoms with E-state index >= 15 is 0 Å². The maximum atomic E-state index is 2.37. The van der Waals surface area contributed by atoms with E-state index in [1.54, 1.807) is 0 Å². The third-order valence-electron chi connectivity index (χ3n) is 8.78. The summed E-state index contributed by atoms with van der Waals surface area (Å²) in [6.07, 6.45) is 0. The number of hydrogen-bond acceptors (Lipinski definition) is 0. The Labute approximate surface area is 231 Å². The summed E-state index contributed by atoms with van der Waals surface area (Å²) in [5.74, 6) is 0. The summed E-state index contributed by atoms with van der Waals surface area (Å²) in [4.78, 5) is 0. The Bertz CT molecular complexity index is 2290. The molecule has 0 spiro atoms. The highest BCUT2D eigenvalue weighted by Crippen LogP contribution is 2.35. The Balaban J connectivity index is 1.42. The number of hydrogen-bond donors (Lipinski definition) is 0. The fraction of sp³-hybridized carbons (Fsp3) is 0. The zero-order chi connectivity index (χ0) is 26.2. The lowest BCUT2D eigenvalue weighted by Gasteiger charge is -2.10. The fourth-order valence-electron chi connectivity index (χ4n) is 6.55. The molecule has 0 amide bonds. The van der Waals surface area contributed by atoms with Crippen LogP contribution >= 0.6 is 0 Å². The highest BCUT2D eigenvalue weighted by atomic mass is 14.1. The van der Waals surface area contributed by atoms with Gasteiger partial charge in [-0.3, -0.25) is 0 Å². The van der Waals surface area contributed by atoms with Crippen LogP contribution in [-0.2, 0) is 0 Å². The molecule has 0 saturated heterocycles. The Morgan fingerprint density at radius 2 is 0.375 bits per heavy atom. The average Bonchev–Trinajstić information content (AvgIpc) is 3.03. The summed E-state index contributed by atoms with van der Waals surface area (Å²) in [7, 11) is 0. The predicted octanol–water partition coefficient (Wildman–Crippen LogP) is 11.5.